The Labute approximate surface area is 156 Å². The van der Waals surface area contributed by atoms with Gasteiger partial charge in [-0.2, -0.15) is 0 Å². The largest absolute Gasteiger partial charge is 0.496 e. The Kier molecular flexibility index (Phi) is 5.03. The van der Waals surface area contributed by atoms with Crippen molar-refractivity contribution >= 4 is 23.3 Å². The van der Waals surface area contributed by atoms with E-state index >= 15 is 0 Å². The maximum atomic E-state index is 12.5. The van der Waals surface area contributed by atoms with Crippen LogP contribution in [0.15, 0.2) is 21.7 Å². The van der Waals surface area contributed by atoms with Gasteiger partial charge in [-0.25, -0.2) is 9.78 Å². The third kappa shape index (κ3) is 3.20. The fourth-order valence-electron chi connectivity index (χ4n) is 3.21. The van der Waals surface area contributed by atoms with Crippen molar-refractivity contribution < 1.29 is 4.74 Å². The lowest BCUT2D eigenvalue weighted by Crippen LogP contribution is -2.39. The molecule has 3 aromatic rings. The molecule has 27 heavy (non-hydrogen) atoms. The van der Waals surface area contributed by atoms with E-state index in [2.05, 4.69) is 9.97 Å². The second kappa shape index (κ2) is 7.26. The molecule has 0 fully saturated rings. The zero-order valence-electron chi connectivity index (χ0n) is 16.3. The van der Waals surface area contributed by atoms with Gasteiger partial charge in [0.1, 0.15) is 17.1 Å². The van der Waals surface area contributed by atoms with E-state index in [1.54, 1.807) is 14.0 Å². The van der Waals surface area contributed by atoms with Crippen LogP contribution in [0, 0.1) is 13.8 Å². The van der Waals surface area contributed by atoms with Crippen LogP contribution in [0.3, 0.4) is 0 Å². The van der Waals surface area contributed by atoms with Crippen LogP contribution < -0.4 is 16.0 Å². The van der Waals surface area contributed by atoms with Crippen LogP contribution in [0.1, 0.15) is 36.4 Å². The third-order valence-corrected chi connectivity index (χ3v) is 4.72. The SMILES string of the molecule is CCn1c(=O)c2[nH]c(C=Cc3cc(C)c(OC)cc3C)nc2n(CC)c1=O. The average molecular weight is 368 g/mol. The molecule has 0 saturated carbocycles. The number of methoxy groups -OCH3 is 1. The average Bonchev–Trinajstić information content (AvgIpc) is 3.07. The molecule has 0 saturated heterocycles. The Hall–Kier alpha value is -3.09. The number of imidazole rings is 1. The van der Waals surface area contributed by atoms with E-state index in [0.717, 1.165) is 22.4 Å². The molecular formula is C20H24N4O3. The molecule has 0 spiro atoms. The smallest absolute Gasteiger partial charge is 0.332 e. The number of ether oxygens (including phenoxy) is 1. The molecule has 1 aromatic carbocycles. The monoisotopic (exact) mass is 368 g/mol. The number of benzene rings is 1. The normalized spacial score (nSPS) is 11.6. The van der Waals surface area contributed by atoms with Gasteiger partial charge in [-0.1, -0.05) is 6.08 Å². The molecule has 0 unspecified atom stereocenters. The van der Waals surface area contributed by atoms with Crippen LogP contribution in [0.2, 0.25) is 0 Å². The lowest BCUT2D eigenvalue weighted by atomic mass is 10.0. The van der Waals surface area contributed by atoms with Gasteiger partial charge in [0.05, 0.1) is 7.11 Å². The van der Waals surface area contributed by atoms with Gasteiger partial charge in [0, 0.05) is 13.1 Å². The Balaban J connectivity index is 2.10. The minimum Gasteiger partial charge on any atom is -0.496 e. The van der Waals surface area contributed by atoms with Gasteiger partial charge in [0.2, 0.25) is 0 Å². The molecule has 7 heteroatoms. The molecule has 0 aliphatic carbocycles. The van der Waals surface area contributed by atoms with Gasteiger partial charge in [-0.05, 0) is 62.6 Å². The molecule has 0 atom stereocenters. The quantitative estimate of drug-likeness (QED) is 0.751. The van der Waals surface area contributed by atoms with Crippen LogP contribution in [0.5, 0.6) is 5.75 Å². The summed E-state index contributed by atoms with van der Waals surface area (Å²) in [5, 5.41) is 0. The number of hydrogen-bond donors (Lipinski definition) is 1. The Morgan fingerprint density at radius 2 is 1.78 bits per heavy atom. The molecule has 1 N–H and O–H groups in total. The fourth-order valence-corrected chi connectivity index (χ4v) is 3.21. The number of nitrogens with one attached hydrogen (secondary N) is 1. The molecule has 0 radical (unpaired) electrons. The highest BCUT2D eigenvalue weighted by atomic mass is 16.5. The lowest BCUT2D eigenvalue weighted by Gasteiger charge is -2.08. The van der Waals surface area contributed by atoms with Crippen LogP contribution >= 0.6 is 0 Å². The van der Waals surface area contributed by atoms with E-state index in [9.17, 15) is 9.59 Å². The summed E-state index contributed by atoms with van der Waals surface area (Å²) in [5.74, 6) is 1.38. The molecule has 142 valence electrons. The number of nitrogens with zero attached hydrogens (tertiary/aromatic N) is 3. The number of aromatic nitrogens is 4. The van der Waals surface area contributed by atoms with Crippen molar-refractivity contribution in [2.24, 2.45) is 0 Å². The van der Waals surface area contributed by atoms with Crippen molar-refractivity contribution in [3.63, 3.8) is 0 Å². The number of rotatable bonds is 5. The molecule has 0 aliphatic heterocycles. The van der Waals surface area contributed by atoms with Crippen LogP contribution in [-0.4, -0.2) is 26.2 Å². The molecule has 2 heterocycles. The molecule has 7 nitrogen and oxygen atoms in total. The van der Waals surface area contributed by atoms with E-state index < -0.39 is 0 Å². The van der Waals surface area contributed by atoms with Gasteiger partial charge in [-0.3, -0.25) is 13.9 Å². The second-order valence-electron chi connectivity index (χ2n) is 6.41. The number of fused-ring (bicyclic) bond motifs is 1. The van der Waals surface area contributed by atoms with Gasteiger partial charge in [-0.15, -0.1) is 0 Å². The lowest BCUT2D eigenvalue weighted by molar-refractivity contribution is 0.411. The maximum Gasteiger partial charge on any atom is 0.332 e. The first-order valence-electron chi connectivity index (χ1n) is 8.97. The van der Waals surface area contributed by atoms with Crippen LogP contribution in [-0.2, 0) is 13.1 Å². The van der Waals surface area contributed by atoms with Gasteiger partial charge in [0.15, 0.2) is 5.65 Å². The van der Waals surface area contributed by atoms with E-state index in [-0.39, 0.29) is 11.2 Å². The Bertz CT molecular complexity index is 1150. The van der Waals surface area contributed by atoms with Gasteiger partial charge < -0.3 is 9.72 Å². The number of aryl methyl sites for hydroxylation is 3. The summed E-state index contributed by atoms with van der Waals surface area (Å²) in [6.45, 7) is 8.40. The van der Waals surface area contributed by atoms with Crippen molar-refractivity contribution in [2.45, 2.75) is 40.8 Å². The highest BCUT2D eigenvalue weighted by molar-refractivity contribution is 5.76. The summed E-state index contributed by atoms with van der Waals surface area (Å²) in [5.41, 5.74) is 3.21. The first kappa shape index (κ1) is 18.7. The van der Waals surface area contributed by atoms with Gasteiger partial charge in [0.25, 0.3) is 5.56 Å². The van der Waals surface area contributed by atoms with Crippen molar-refractivity contribution in [1.82, 2.24) is 19.1 Å². The maximum absolute atomic E-state index is 12.5. The van der Waals surface area contributed by atoms with E-state index in [4.69, 9.17) is 4.74 Å². The second-order valence-corrected chi connectivity index (χ2v) is 6.41. The summed E-state index contributed by atoms with van der Waals surface area (Å²) in [4.78, 5) is 32.5. The third-order valence-electron chi connectivity index (χ3n) is 4.72. The fraction of sp³-hybridized carbons (Fsp3) is 0.350. The van der Waals surface area contributed by atoms with Crippen LogP contribution in [0.4, 0.5) is 0 Å². The molecule has 3 rings (SSSR count). The summed E-state index contributed by atoms with van der Waals surface area (Å²) in [6, 6.07) is 4.03. The highest BCUT2D eigenvalue weighted by Crippen LogP contribution is 2.23. The molecule has 2 aromatic heterocycles. The zero-order chi connectivity index (χ0) is 19.7. The summed E-state index contributed by atoms with van der Waals surface area (Å²) in [6.07, 6.45) is 3.75. The van der Waals surface area contributed by atoms with Crippen molar-refractivity contribution in [3.05, 3.63) is 55.5 Å². The Morgan fingerprint density at radius 1 is 1.07 bits per heavy atom. The Morgan fingerprint density at radius 3 is 2.41 bits per heavy atom. The van der Waals surface area contributed by atoms with E-state index in [1.807, 2.05) is 45.1 Å². The van der Waals surface area contributed by atoms with Crippen molar-refractivity contribution in [2.75, 3.05) is 7.11 Å². The summed E-state index contributed by atoms with van der Waals surface area (Å²) < 4.78 is 8.07. The minimum atomic E-state index is -0.342. The van der Waals surface area contributed by atoms with Crippen molar-refractivity contribution in [1.29, 1.82) is 0 Å². The number of hydrogen-bond acceptors (Lipinski definition) is 4. The van der Waals surface area contributed by atoms with Gasteiger partial charge >= 0.3 is 5.69 Å². The van der Waals surface area contributed by atoms with E-state index in [0.29, 0.717) is 30.1 Å². The topological polar surface area (TPSA) is 81.9 Å². The molecule has 0 aliphatic rings. The molecule has 0 amide bonds. The zero-order valence-corrected chi connectivity index (χ0v) is 16.3. The minimum absolute atomic E-state index is 0.322. The first-order valence-corrected chi connectivity index (χ1v) is 8.97. The van der Waals surface area contributed by atoms with Crippen molar-refractivity contribution in [3.8, 4) is 5.75 Å². The summed E-state index contributed by atoms with van der Waals surface area (Å²) >= 11 is 0. The predicted molar refractivity (Wildman–Crippen MR) is 107 cm³/mol. The molecular weight excluding hydrogens is 344 g/mol. The first-order chi connectivity index (χ1) is 12.9. The highest BCUT2D eigenvalue weighted by Gasteiger charge is 2.15. The predicted octanol–water partition coefficient (Wildman–Crippen LogP) is 2.72. The molecule has 0 bridgehead atoms. The standard InChI is InChI=1S/C20H24N4O3/c1-6-23-18-17(19(25)24(7-2)20(23)26)21-16(22-18)9-8-14-10-13(4)15(27-5)11-12(14)3/h8-11H,6-7H2,1-5H3,(H,21,22). The number of aromatic amines is 1. The van der Waals surface area contributed by atoms with E-state index in [1.165, 1.54) is 9.13 Å². The number of H-pyrrole nitrogens is 1. The summed E-state index contributed by atoms with van der Waals surface area (Å²) in [7, 11) is 1.65. The van der Waals surface area contributed by atoms with Crippen LogP contribution in [0.25, 0.3) is 23.3 Å².